The van der Waals surface area contributed by atoms with Crippen molar-refractivity contribution in [2.45, 2.75) is 49.9 Å². The van der Waals surface area contributed by atoms with Crippen LogP contribution in [-0.4, -0.2) is 47.1 Å². The van der Waals surface area contributed by atoms with E-state index in [0.717, 1.165) is 50.0 Å². The number of hydrogen-bond acceptors (Lipinski definition) is 5. The molecule has 3 heterocycles. The van der Waals surface area contributed by atoms with E-state index in [4.69, 9.17) is 0 Å². The first kappa shape index (κ1) is 23.0. The van der Waals surface area contributed by atoms with E-state index < -0.39 is 15.3 Å². The van der Waals surface area contributed by atoms with Crippen molar-refractivity contribution in [3.05, 3.63) is 78.1 Å². The summed E-state index contributed by atoms with van der Waals surface area (Å²) < 4.78 is 45.6. The molecule has 0 spiro atoms. The second kappa shape index (κ2) is 9.84. The highest BCUT2D eigenvalue weighted by Gasteiger charge is 2.35. The van der Waals surface area contributed by atoms with Gasteiger partial charge in [-0.3, -0.25) is 0 Å². The Bertz CT molecular complexity index is 1200. The maximum absolute atomic E-state index is 15.2. The SMILES string of the molecule is O=S1(=O)C(c2ccccc2)CCCCN1Cc1ccc(N2CCC(n3cnnc3)CC2)cc1F. The molecule has 2 saturated heterocycles. The van der Waals surface area contributed by atoms with Crippen LogP contribution in [0.3, 0.4) is 0 Å². The largest absolute Gasteiger partial charge is 0.371 e. The topological polar surface area (TPSA) is 71.3 Å². The molecule has 0 saturated carbocycles. The third-order valence-corrected chi connectivity index (χ3v) is 9.34. The van der Waals surface area contributed by atoms with Crippen LogP contribution in [0.4, 0.5) is 10.1 Å². The van der Waals surface area contributed by atoms with Gasteiger partial charge in [0.05, 0.1) is 0 Å². The fourth-order valence-electron chi connectivity index (χ4n) is 5.12. The fourth-order valence-corrected chi connectivity index (χ4v) is 7.15. The number of anilines is 1. The summed E-state index contributed by atoms with van der Waals surface area (Å²) in [6.07, 6.45) is 7.57. The Morgan fingerprint density at radius 2 is 1.65 bits per heavy atom. The number of nitrogens with zero attached hydrogens (tertiary/aromatic N) is 5. The van der Waals surface area contributed by atoms with Crippen LogP contribution in [0.5, 0.6) is 0 Å². The molecule has 180 valence electrons. The lowest BCUT2D eigenvalue weighted by atomic mass is 10.0. The third-order valence-electron chi connectivity index (χ3n) is 7.09. The summed E-state index contributed by atoms with van der Waals surface area (Å²) in [5.74, 6) is -0.353. The van der Waals surface area contributed by atoms with E-state index in [1.165, 1.54) is 4.31 Å². The second-order valence-corrected chi connectivity index (χ2v) is 11.3. The lowest BCUT2D eigenvalue weighted by Crippen LogP contribution is -2.35. The van der Waals surface area contributed by atoms with Crippen LogP contribution in [0, 0.1) is 5.82 Å². The lowest BCUT2D eigenvalue weighted by molar-refractivity contribution is 0.393. The minimum absolute atomic E-state index is 0.0630. The molecule has 1 atom stereocenters. The van der Waals surface area contributed by atoms with Gasteiger partial charge < -0.3 is 9.47 Å². The van der Waals surface area contributed by atoms with Crippen molar-refractivity contribution in [2.24, 2.45) is 0 Å². The Hall–Kier alpha value is -2.78. The van der Waals surface area contributed by atoms with Crippen LogP contribution in [0.1, 0.15) is 54.5 Å². The highest BCUT2D eigenvalue weighted by Crippen LogP contribution is 2.35. The lowest BCUT2D eigenvalue weighted by Gasteiger charge is -2.34. The van der Waals surface area contributed by atoms with E-state index in [1.54, 1.807) is 24.8 Å². The number of sulfonamides is 1. The molecular weight excluding hydrogens is 453 g/mol. The molecule has 2 fully saturated rings. The van der Waals surface area contributed by atoms with E-state index >= 15 is 4.39 Å². The average Bonchev–Trinajstić information content (AvgIpc) is 3.35. The molecule has 5 rings (SSSR count). The van der Waals surface area contributed by atoms with Crippen molar-refractivity contribution >= 4 is 15.7 Å². The highest BCUT2D eigenvalue weighted by atomic mass is 32.2. The standard InChI is InChI=1S/C25H30FN5O2S/c26-24-16-23(29-14-11-22(12-15-29)30-18-27-28-19-30)10-9-21(24)17-31-13-5-4-8-25(34(31,32)33)20-6-2-1-3-7-20/h1-3,6-7,9-10,16,18-19,22,25H,4-5,8,11-15,17H2. The zero-order valence-electron chi connectivity index (χ0n) is 19.1. The second-order valence-electron chi connectivity index (χ2n) is 9.18. The number of rotatable bonds is 5. The zero-order chi connectivity index (χ0) is 23.5. The van der Waals surface area contributed by atoms with Gasteiger partial charge in [-0.15, -0.1) is 10.2 Å². The van der Waals surface area contributed by atoms with Gasteiger partial charge in [-0.1, -0.05) is 42.8 Å². The van der Waals surface area contributed by atoms with Crippen LogP contribution in [0.2, 0.25) is 0 Å². The smallest absolute Gasteiger partial charge is 0.221 e. The van der Waals surface area contributed by atoms with Crippen molar-refractivity contribution < 1.29 is 12.8 Å². The fraction of sp³-hybridized carbons (Fsp3) is 0.440. The predicted molar refractivity (Wildman–Crippen MR) is 129 cm³/mol. The average molecular weight is 484 g/mol. The van der Waals surface area contributed by atoms with Gasteiger partial charge in [-0.25, -0.2) is 12.8 Å². The van der Waals surface area contributed by atoms with Crippen LogP contribution >= 0.6 is 0 Å². The summed E-state index contributed by atoms with van der Waals surface area (Å²) in [4.78, 5) is 2.18. The maximum atomic E-state index is 15.2. The monoisotopic (exact) mass is 483 g/mol. The Morgan fingerprint density at radius 1 is 0.912 bits per heavy atom. The van der Waals surface area contributed by atoms with Crippen molar-refractivity contribution in [1.29, 1.82) is 0 Å². The van der Waals surface area contributed by atoms with Gasteiger partial charge in [0.1, 0.15) is 23.7 Å². The van der Waals surface area contributed by atoms with Crippen molar-refractivity contribution in [3.63, 3.8) is 0 Å². The van der Waals surface area contributed by atoms with Gasteiger partial charge in [0.25, 0.3) is 0 Å². The number of hydrogen-bond donors (Lipinski definition) is 0. The van der Waals surface area contributed by atoms with E-state index in [2.05, 4.69) is 15.1 Å². The molecule has 2 aliphatic rings. The van der Waals surface area contributed by atoms with Gasteiger partial charge in [0.15, 0.2) is 0 Å². The molecule has 0 bridgehead atoms. The Balaban J connectivity index is 1.29. The molecule has 2 aliphatic heterocycles. The molecule has 0 radical (unpaired) electrons. The molecule has 1 unspecified atom stereocenters. The summed E-state index contributed by atoms with van der Waals surface area (Å²) in [5.41, 5.74) is 2.06. The Morgan fingerprint density at radius 3 is 2.35 bits per heavy atom. The minimum atomic E-state index is -3.58. The summed E-state index contributed by atoms with van der Waals surface area (Å²) >= 11 is 0. The summed E-state index contributed by atoms with van der Waals surface area (Å²) in [5, 5.41) is 7.19. The molecule has 9 heteroatoms. The highest BCUT2D eigenvalue weighted by molar-refractivity contribution is 7.89. The van der Waals surface area contributed by atoms with Crippen molar-refractivity contribution in [2.75, 3.05) is 24.5 Å². The van der Waals surface area contributed by atoms with E-state index in [1.807, 2.05) is 41.0 Å². The molecule has 0 N–H and O–H groups in total. The van der Waals surface area contributed by atoms with Crippen LogP contribution in [0.25, 0.3) is 0 Å². The first-order valence-corrected chi connectivity index (χ1v) is 13.4. The molecular formula is C25H30FN5O2S. The summed E-state index contributed by atoms with van der Waals surface area (Å²) in [7, 11) is -3.58. The Kier molecular flexibility index (Phi) is 6.65. The molecule has 0 amide bonds. The number of halogens is 1. The zero-order valence-corrected chi connectivity index (χ0v) is 19.9. The molecule has 34 heavy (non-hydrogen) atoms. The van der Waals surface area contributed by atoms with Crippen LogP contribution in [0.15, 0.2) is 61.2 Å². The normalized spacial score (nSPS) is 21.9. The molecule has 1 aromatic heterocycles. The van der Waals surface area contributed by atoms with Gasteiger partial charge in [0, 0.05) is 43.5 Å². The van der Waals surface area contributed by atoms with Gasteiger partial charge in [0.2, 0.25) is 10.0 Å². The molecule has 0 aliphatic carbocycles. The van der Waals surface area contributed by atoms with E-state index in [9.17, 15) is 8.42 Å². The van der Waals surface area contributed by atoms with Crippen LogP contribution < -0.4 is 4.90 Å². The maximum Gasteiger partial charge on any atom is 0.221 e. The van der Waals surface area contributed by atoms with Gasteiger partial charge >= 0.3 is 0 Å². The van der Waals surface area contributed by atoms with E-state index in [0.29, 0.717) is 24.6 Å². The first-order valence-electron chi connectivity index (χ1n) is 11.9. The third kappa shape index (κ3) is 4.72. The molecule has 2 aromatic carbocycles. The predicted octanol–water partition coefficient (Wildman–Crippen LogP) is 4.32. The number of benzene rings is 2. The van der Waals surface area contributed by atoms with Crippen LogP contribution in [-0.2, 0) is 16.6 Å². The van der Waals surface area contributed by atoms with Crippen molar-refractivity contribution in [1.82, 2.24) is 19.1 Å². The molecule has 7 nitrogen and oxygen atoms in total. The summed E-state index contributed by atoms with van der Waals surface area (Å²) in [6, 6.07) is 14.9. The number of aromatic nitrogens is 3. The van der Waals surface area contributed by atoms with E-state index in [-0.39, 0.29) is 12.4 Å². The number of piperidine rings is 1. The van der Waals surface area contributed by atoms with Crippen molar-refractivity contribution in [3.8, 4) is 0 Å². The first-order chi connectivity index (χ1) is 16.5. The Labute approximate surface area is 200 Å². The molecule has 3 aromatic rings. The van der Waals surface area contributed by atoms with Gasteiger partial charge in [-0.05, 0) is 43.4 Å². The van der Waals surface area contributed by atoms with Gasteiger partial charge in [-0.2, -0.15) is 4.31 Å². The minimum Gasteiger partial charge on any atom is -0.371 e. The quantitative estimate of drug-likeness (QED) is 0.541. The summed E-state index contributed by atoms with van der Waals surface area (Å²) in [6.45, 7) is 2.12.